The van der Waals surface area contributed by atoms with Gasteiger partial charge in [-0.15, -0.1) is 0 Å². The van der Waals surface area contributed by atoms with Crippen LogP contribution in [0.1, 0.15) is 50.4 Å². The van der Waals surface area contributed by atoms with Gasteiger partial charge in [-0.25, -0.2) is 9.78 Å². The maximum Gasteiger partial charge on any atom is 0.319 e. The van der Waals surface area contributed by atoms with Gasteiger partial charge in [0.05, 0.1) is 6.04 Å². The standard InChI is InChI=1S/C18H26N6O2/c1-10(2)8-16(25)21-14-7-6-11(3)15(9-14)22-18(26)19-12(4)17-20-13(5)23-24-17/h6-7,9-10,12H,8H2,1-5H3,(H,21,25)(H2,19,22,26)(H,20,23,24)/t12-/m1/s1. The Hall–Kier alpha value is -2.90. The van der Waals surface area contributed by atoms with Crippen LogP contribution in [0.5, 0.6) is 0 Å². The third-order valence-electron chi connectivity index (χ3n) is 3.71. The second-order valence-corrected chi connectivity index (χ2v) is 6.78. The van der Waals surface area contributed by atoms with Crippen LogP contribution in [0, 0.1) is 19.8 Å². The predicted molar refractivity (Wildman–Crippen MR) is 101 cm³/mol. The molecule has 1 aromatic heterocycles. The van der Waals surface area contributed by atoms with Gasteiger partial charge in [-0.2, -0.15) is 5.10 Å². The second-order valence-electron chi connectivity index (χ2n) is 6.78. The number of hydrogen-bond acceptors (Lipinski definition) is 4. The molecule has 0 radical (unpaired) electrons. The van der Waals surface area contributed by atoms with Crippen LogP contribution in [-0.2, 0) is 4.79 Å². The molecule has 0 saturated heterocycles. The lowest BCUT2D eigenvalue weighted by Gasteiger charge is -2.15. The minimum atomic E-state index is -0.367. The lowest BCUT2D eigenvalue weighted by Crippen LogP contribution is -2.32. The highest BCUT2D eigenvalue weighted by Crippen LogP contribution is 2.21. The molecule has 0 spiro atoms. The van der Waals surface area contributed by atoms with E-state index in [0.717, 1.165) is 5.56 Å². The van der Waals surface area contributed by atoms with Crippen LogP contribution >= 0.6 is 0 Å². The summed E-state index contributed by atoms with van der Waals surface area (Å²) in [5, 5.41) is 15.2. The fraction of sp³-hybridized carbons (Fsp3) is 0.444. The maximum absolute atomic E-state index is 12.3. The van der Waals surface area contributed by atoms with Crippen molar-refractivity contribution in [2.45, 2.75) is 47.1 Å². The van der Waals surface area contributed by atoms with Crippen molar-refractivity contribution in [3.05, 3.63) is 35.4 Å². The monoisotopic (exact) mass is 358 g/mol. The smallest absolute Gasteiger partial charge is 0.319 e. The number of benzene rings is 1. The van der Waals surface area contributed by atoms with E-state index in [1.54, 1.807) is 19.9 Å². The quantitative estimate of drug-likeness (QED) is 0.635. The molecular weight excluding hydrogens is 332 g/mol. The van der Waals surface area contributed by atoms with Gasteiger partial charge in [0.1, 0.15) is 5.82 Å². The van der Waals surface area contributed by atoms with E-state index in [2.05, 4.69) is 31.1 Å². The van der Waals surface area contributed by atoms with Gasteiger partial charge in [0, 0.05) is 17.8 Å². The van der Waals surface area contributed by atoms with Crippen LogP contribution in [0.4, 0.5) is 16.2 Å². The summed E-state index contributed by atoms with van der Waals surface area (Å²) >= 11 is 0. The van der Waals surface area contributed by atoms with E-state index in [1.807, 2.05) is 32.9 Å². The summed E-state index contributed by atoms with van der Waals surface area (Å²) in [4.78, 5) is 28.4. The van der Waals surface area contributed by atoms with E-state index in [9.17, 15) is 9.59 Å². The molecule has 1 aromatic carbocycles. The molecule has 0 saturated carbocycles. The van der Waals surface area contributed by atoms with E-state index in [4.69, 9.17) is 0 Å². The maximum atomic E-state index is 12.3. The Morgan fingerprint density at radius 2 is 1.88 bits per heavy atom. The molecule has 0 aliphatic carbocycles. The van der Waals surface area contributed by atoms with Crippen LogP contribution in [0.15, 0.2) is 18.2 Å². The van der Waals surface area contributed by atoms with Gasteiger partial charge in [-0.1, -0.05) is 19.9 Å². The van der Waals surface area contributed by atoms with Crippen molar-refractivity contribution >= 4 is 23.3 Å². The Bertz CT molecular complexity index is 784. The number of aryl methyl sites for hydroxylation is 2. The van der Waals surface area contributed by atoms with Crippen molar-refractivity contribution in [2.24, 2.45) is 5.92 Å². The number of nitrogens with zero attached hydrogens (tertiary/aromatic N) is 2. The minimum Gasteiger partial charge on any atom is -0.328 e. The molecule has 1 heterocycles. The average Bonchev–Trinajstić information content (AvgIpc) is 2.96. The number of rotatable bonds is 6. The van der Waals surface area contributed by atoms with Crippen molar-refractivity contribution in [1.29, 1.82) is 0 Å². The summed E-state index contributed by atoms with van der Waals surface area (Å²) in [7, 11) is 0. The van der Waals surface area contributed by atoms with Gasteiger partial charge in [0.15, 0.2) is 5.82 Å². The average molecular weight is 358 g/mol. The molecule has 2 rings (SSSR count). The zero-order chi connectivity index (χ0) is 19.3. The second kappa shape index (κ2) is 8.46. The number of carbonyl (C=O) groups is 2. The summed E-state index contributed by atoms with van der Waals surface area (Å²) in [5.41, 5.74) is 2.17. The molecule has 8 heteroatoms. The Balaban J connectivity index is 2.00. The first kappa shape index (κ1) is 19.4. The van der Waals surface area contributed by atoms with Crippen molar-refractivity contribution in [3.63, 3.8) is 0 Å². The van der Waals surface area contributed by atoms with Crippen molar-refractivity contribution in [3.8, 4) is 0 Å². The highest BCUT2D eigenvalue weighted by atomic mass is 16.2. The molecule has 1 atom stereocenters. The lowest BCUT2D eigenvalue weighted by atomic mass is 10.1. The number of anilines is 2. The number of hydrogen-bond donors (Lipinski definition) is 4. The molecule has 0 aliphatic rings. The van der Waals surface area contributed by atoms with Gasteiger partial charge in [-0.05, 0) is 44.4 Å². The topological polar surface area (TPSA) is 112 Å². The number of aromatic amines is 1. The molecule has 0 fully saturated rings. The fourth-order valence-electron chi connectivity index (χ4n) is 2.39. The first-order valence-corrected chi connectivity index (χ1v) is 8.61. The number of carbonyl (C=O) groups excluding carboxylic acids is 2. The van der Waals surface area contributed by atoms with Gasteiger partial charge in [-0.3, -0.25) is 9.89 Å². The summed E-state index contributed by atoms with van der Waals surface area (Å²) in [6.45, 7) is 9.46. The van der Waals surface area contributed by atoms with Gasteiger partial charge in [0.25, 0.3) is 0 Å². The van der Waals surface area contributed by atoms with Gasteiger partial charge >= 0.3 is 6.03 Å². The molecule has 0 aliphatic heterocycles. The van der Waals surface area contributed by atoms with E-state index in [-0.39, 0.29) is 23.9 Å². The molecule has 0 unspecified atom stereocenters. The number of aromatic nitrogens is 3. The van der Waals surface area contributed by atoms with Crippen LogP contribution in [0.3, 0.4) is 0 Å². The van der Waals surface area contributed by atoms with E-state index in [0.29, 0.717) is 29.4 Å². The molecule has 140 valence electrons. The number of urea groups is 1. The Labute approximate surface area is 153 Å². The zero-order valence-corrected chi connectivity index (χ0v) is 15.8. The van der Waals surface area contributed by atoms with Crippen LogP contribution in [0.2, 0.25) is 0 Å². The molecule has 3 amide bonds. The molecule has 4 N–H and O–H groups in total. The highest BCUT2D eigenvalue weighted by Gasteiger charge is 2.14. The van der Waals surface area contributed by atoms with Crippen LogP contribution in [0.25, 0.3) is 0 Å². The van der Waals surface area contributed by atoms with Crippen molar-refractivity contribution in [1.82, 2.24) is 20.5 Å². The van der Waals surface area contributed by atoms with E-state index >= 15 is 0 Å². The fourth-order valence-corrected chi connectivity index (χ4v) is 2.39. The van der Waals surface area contributed by atoms with Gasteiger partial charge in [0.2, 0.25) is 5.91 Å². The normalized spacial score (nSPS) is 11.9. The third kappa shape index (κ3) is 5.58. The largest absolute Gasteiger partial charge is 0.328 e. The minimum absolute atomic E-state index is 0.0483. The molecule has 26 heavy (non-hydrogen) atoms. The van der Waals surface area contributed by atoms with Crippen molar-refractivity contribution < 1.29 is 9.59 Å². The Kier molecular flexibility index (Phi) is 6.32. The van der Waals surface area contributed by atoms with Crippen LogP contribution < -0.4 is 16.0 Å². The number of H-pyrrole nitrogens is 1. The third-order valence-corrected chi connectivity index (χ3v) is 3.71. The van der Waals surface area contributed by atoms with E-state index < -0.39 is 0 Å². The highest BCUT2D eigenvalue weighted by molar-refractivity contribution is 5.94. The first-order valence-electron chi connectivity index (χ1n) is 8.61. The molecule has 0 bridgehead atoms. The molecular formula is C18H26N6O2. The van der Waals surface area contributed by atoms with E-state index in [1.165, 1.54) is 0 Å². The zero-order valence-electron chi connectivity index (χ0n) is 15.8. The summed E-state index contributed by atoms with van der Waals surface area (Å²) < 4.78 is 0. The summed E-state index contributed by atoms with van der Waals surface area (Å²) in [6, 6.07) is 4.70. The molecule has 8 nitrogen and oxygen atoms in total. The molecule has 2 aromatic rings. The summed E-state index contributed by atoms with van der Waals surface area (Å²) in [6.07, 6.45) is 0.449. The van der Waals surface area contributed by atoms with Crippen molar-refractivity contribution in [2.75, 3.05) is 10.6 Å². The van der Waals surface area contributed by atoms with Crippen LogP contribution in [-0.4, -0.2) is 27.1 Å². The number of nitrogens with one attached hydrogen (secondary N) is 4. The SMILES string of the molecule is Cc1nc([C@@H](C)NC(=O)Nc2cc(NC(=O)CC(C)C)ccc2C)n[nH]1. The Morgan fingerprint density at radius 3 is 2.50 bits per heavy atom. The predicted octanol–water partition coefficient (Wildman–Crippen LogP) is 3.29. The Morgan fingerprint density at radius 1 is 1.15 bits per heavy atom. The lowest BCUT2D eigenvalue weighted by molar-refractivity contribution is -0.116. The first-order chi connectivity index (χ1) is 12.2. The van der Waals surface area contributed by atoms with Gasteiger partial charge < -0.3 is 16.0 Å². The number of amides is 3. The summed E-state index contributed by atoms with van der Waals surface area (Å²) in [5.74, 6) is 1.44.